The molecule has 0 saturated heterocycles. The highest BCUT2D eigenvalue weighted by Gasteiger charge is 2.18. The third kappa shape index (κ3) is 1.82. The number of nitrogens with zero attached hydrogens (tertiary/aromatic N) is 3. The molecule has 0 aliphatic heterocycles. The molecule has 0 bridgehead atoms. The maximum atomic E-state index is 8.76. The van der Waals surface area contributed by atoms with Gasteiger partial charge < -0.3 is 4.74 Å². The van der Waals surface area contributed by atoms with E-state index in [1.54, 1.807) is 6.20 Å². The molecule has 0 aromatic carbocycles. The zero-order valence-corrected chi connectivity index (χ0v) is 7.81. The van der Waals surface area contributed by atoms with Gasteiger partial charge in [0.05, 0.1) is 0 Å². The highest BCUT2D eigenvalue weighted by Crippen LogP contribution is 2.23. The largest absolute Gasteiger partial charge is 0.472 e. The number of hydrogen-bond donors (Lipinski definition) is 0. The van der Waals surface area contributed by atoms with Gasteiger partial charge in [-0.3, -0.25) is 0 Å². The van der Waals surface area contributed by atoms with Crippen LogP contribution in [-0.4, -0.2) is 16.1 Å². The molecule has 0 radical (unpaired) electrons. The predicted octanol–water partition coefficient (Wildman–Crippen LogP) is 1.67. The van der Waals surface area contributed by atoms with Gasteiger partial charge in [-0.15, -0.1) is 0 Å². The molecule has 1 fully saturated rings. The highest BCUT2D eigenvalue weighted by molar-refractivity contribution is 5.30. The van der Waals surface area contributed by atoms with Gasteiger partial charge in [0.2, 0.25) is 5.69 Å². The standard InChI is InChI=1S/C10H11N3O/c11-7-9-10(13-6-5-12-9)14-8-3-1-2-4-8/h5-6,8H,1-4H2. The second kappa shape index (κ2) is 4.05. The molecule has 0 unspecified atom stereocenters. The first-order valence-corrected chi connectivity index (χ1v) is 4.78. The lowest BCUT2D eigenvalue weighted by Crippen LogP contribution is -2.13. The van der Waals surface area contributed by atoms with E-state index in [1.807, 2.05) is 6.07 Å². The minimum Gasteiger partial charge on any atom is -0.472 e. The fourth-order valence-electron chi connectivity index (χ4n) is 1.65. The number of ether oxygens (including phenoxy) is 1. The first-order chi connectivity index (χ1) is 6.90. The molecule has 0 atom stereocenters. The lowest BCUT2D eigenvalue weighted by molar-refractivity contribution is 0.200. The minimum absolute atomic E-state index is 0.221. The Morgan fingerprint density at radius 1 is 1.29 bits per heavy atom. The summed E-state index contributed by atoms with van der Waals surface area (Å²) in [6, 6.07) is 1.97. The number of hydrogen-bond acceptors (Lipinski definition) is 4. The van der Waals surface area contributed by atoms with Crippen LogP contribution in [0.1, 0.15) is 31.4 Å². The summed E-state index contributed by atoms with van der Waals surface area (Å²) in [4.78, 5) is 7.90. The van der Waals surface area contributed by atoms with Gasteiger partial charge >= 0.3 is 0 Å². The van der Waals surface area contributed by atoms with Crippen LogP contribution in [0.5, 0.6) is 5.88 Å². The molecule has 1 aliphatic carbocycles. The van der Waals surface area contributed by atoms with Crippen molar-refractivity contribution >= 4 is 0 Å². The fourth-order valence-corrected chi connectivity index (χ4v) is 1.65. The zero-order chi connectivity index (χ0) is 9.80. The van der Waals surface area contributed by atoms with Crippen LogP contribution in [0, 0.1) is 11.3 Å². The lowest BCUT2D eigenvalue weighted by Gasteiger charge is -2.11. The Morgan fingerprint density at radius 3 is 2.71 bits per heavy atom. The van der Waals surface area contributed by atoms with E-state index in [0.717, 1.165) is 12.8 Å². The third-order valence-electron chi connectivity index (χ3n) is 2.35. The van der Waals surface area contributed by atoms with Gasteiger partial charge in [-0.1, -0.05) is 0 Å². The summed E-state index contributed by atoms with van der Waals surface area (Å²) in [5, 5.41) is 8.76. The van der Waals surface area contributed by atoms with Crippen molar-refractivity contribution in [2.75, 3.05) is 0 Å². The van der Waals surface area contributed by atoms with E-state index < -0.39 is 0 Å². The van der Waals surface area contributed by atoms with Crippen LogP contribution in [-0.2, 0) is 0 Å². The molecule has 0 amide bonds. The lowest BCUT2D eigenvalue weighted by atomic mass is 10.3. The first-order valence-electron chi connectivity index (χ1n) is 4.78. The van der Waals surface area contributed by atoms with Crippen molar-refractivity contribution in [2.45, 2.75) is 31.8 Å². The summed E-state index contributed by atoms with van der Waals surface area (Å²) in [6.07, 6.45) is 7.78. The highest BCUT2D eigenvalue weighted by atomic mass is 16.5. The van der Waals surface area contributed by atoms with Gasteiger partial charge in [0.25, 0.3) is 5.88 Å². The van der Waals surface area contributed by atoms with Crippen LogP contribution in [0.3, 0.4) is 0 Å². The summed E-state index contributed by atoms with van der Waals surface area (Å²) >= 11 is 0. The average Bonchev–Trinajstić information content (AvgIpc) is 2.71. The fraction of sp³-hybridized carbons (Fsp3) is 0.500. The maximum Gasteiger partial charge on any atom is 0.251 e. The van der Waals surface area contributed by atoms with E-state index in [0.29, 0.717) is 5.88 Å². The van der Waals surface area contributed by atoms with E-state index >= 15 is 0 Å². The Kier molecular flexibility index (Phi) is 2.59. The molecule has 2 rings (SSSR count). The van der Waals surface area contributed by atoms with E-state index in [4.69, 9.17) is 10.00 Å². The van der Waals surface area contributed by atoms with Crippen LogP contribution in [0.15, 0.2) is 12.4 Å². The summed E-state index contributed by atoms with van der Waals surface area (Å²) in [6.45, 7) is 0. The molecule has 4 nitrogen and oxygen atoms in total. The molecule has 1 aromatic rings. The van der Waals surface area contributed by atoms with Crippen LogP contribution in [0.2, 0.25) is 0 Å². The molecule has 72 valence electrons. The quantitative estimate of drug-likeness (QED) is 0.710. The Morgan fingerprint density at radius 2 is 2.00 bits per heavy atom. The normalized spacial score (nSPS) is 16.5. The molecule has 0 spiro atoms. The summed E-state index contributed by atoms with van der Waals surface area (Å²) < 4.78 is 5.60. The summed E-state index contributed by atoms with van der Waals surface area (Å²) in [5.41, 5.74) is 0.277. The van der Waals surface area contributed by atoms with Crippen LogP contribution in [0.4, 0.5) is 0 Å². The third-order valence-corrected chi connectivity index (χ3v) is 2.35. The average molecular weight is 189 g/mol. The van der Waals surface area contributed by atoms with E-state index in [-0.39, 0.29) is 11.8 Å². The first kappa shape index (κ1) is 8.95. The molecule has 1 heterocycles. The van der Waals surface area contributed by atoms with Crippen molar-refractivity contribution in [3.05, 3.63) is 18.1 Å². The Bertz CT molecular complexity index is 353. The predicted molar refractivity (Wildman–Crippen MR) is 49.6 cm³/mol. The van der Waals surface area contributed by atoms with E-state index in [9.17, 15) is 0 Å². The van der Waals surface area contributed by atoms with Gasteiger partial charge in [0, 0.05) is 12.4 Å². The van der Waals surface area contributed by atoms with Gasteiger partial charge in [-0.25, -0.2) is 9.97 Å². The molecule has 0 N–H and O–H groups in total. The molecular formula is C10H11N3O. The maximum absolute atomic E-state index is 8.76. The van der Waals surface area contributed by atoms with Crippen molar-refractivity contribution in [3.8, 4) is 11.9 Å². The summed E-state index contributed by atoms with van der Waals surface area (Å²) in [7, 11) is 0. The van der Waals surface area contributed by atoms with Gasteiger partial charge in [-0.05, 0) is 25.7 Å². The zero-order valence-electron chi connectivity index (χ0n) is 7.81. The number of nitriles is 1. The Hall–Kier alpha value is -1.63. The Labute approximate surface area is 82.6 Å². The SMILES string of the molecule is N#Cc1nccnc1OC1CCCC1. The number of aromatic nitrogens is 2. The summed E-state index contributed by atoms with van der Waals surface area (Å²) in [5.74, 6) is 0.377. The van der Waals surface area contributed by atoms with E-state index in [2.05, 4.69) is 9.97 Å². The van der Waals surface area contributed by atoms with Crippen molar-refractivity contribution < 1.29 is 4.74 Å². The van der Waals surface area contributed by atoms with Crippen LogP contribution in [0.25, 0.3) is 0 Å². The van der Waals surface area contributed by atoms with Crippen molar-refractivity contribution in [3.63, 3.8) is 0 Å². The smallest absolute Gasteiger partial charge is 0.251 e. The van der Waals surface area contributed by atoms with Crippen LogP contribution >= 0.6 is 0 Å². The number of rotatable bonds is 2. The molecule has 14 heavy (non-hydrogen) atoms. The van der Waals surface area contributed by atoms with Gasteiger partial charge in [0.1, 0.15) is 12.2 Å². The molecule has 1 aromatic heterocycles. The molecular weight excluding hydrogens is 178 g/mol. The topological polar surface area (TPSA) is 58.8 Å². The van der Waals surface area contributed by atoms with Crippen molar-refractivity contribution in [1.82, 2.24) is 9.97 Å². The molecule has 1 aliphatic rings. The van der Waals surface area contributed by atoms with Gasteiger partial charge in [0.15, 0.2) is 0 Å². The minimum atomic E-state index is 0.221. The van der Waals surface area contributed by atoms with Crippen molar-refractivity contribution in [1.29, 1.82) is 5.26 Å². The van der Waals surface area contributed by atoms with Crippen molar-refractivity contribution in [2.24, 2.45) is 0 Å². The molecule has 4 heteroatoms. The van der Waals surface area contributed by atoms with E-state index in [1.165, 1.54) is 19.0 Å². The second-order valence-corrected chi connectivity index (χ2v) is 3.35. The van der Waals surface area contributed by atoms with Crippen LogP contribution < -0.4 is 4.74 Å². The second-order valence-electron chi connectivity index (χ2n) is 3.35. The monoisotopic (exact) mass is 189 g/mol. The van der Waals surface area contributed by atoms with Gasteiger partial charge in [-0.2, -0.15) is 5.26 Å². The Balaban J connectivity index is 2.11. The molecule has 1 saturated carbocycles.